The molecule has 0 radical (unpaired) electrons. The molecule has 4 atom stereocenters. The largest absolute Gasteiger partial charge is 0.269 e. The second-order valence-corrected chi connectivity index (χ2v) is 20.9. The monoisotopic (exact) mass is 790 g/mol. The van der Waals surface area contributed by atoms with Gasteiger partial charge in [-0.2, -0.15) is 10.5 Å². The van der Waals surface area contributed by atoms with Crippen molar-refractivity contribution in [3.8, 4) is 12.1 Å². The van der Waals surface area contributed by atoms with Crippen LogP contribution >= 0.6 is 0 Å². The SMILES string of the molecule is CC(C)(C)[S@@](=O)N[C@@](C)(CCC1(C#N)CCC1)c1cc([N+](=O)[O-])ccc1F.CC(C)(C)[S@@](=O)N[C@](C)(CCC1(C#N)CCC1)c1cc([N+](=O)[O-])ccc1F. The van der Waals surface area contributed by atoms with Crippen LogP contribution in [0.3, 0.4) is 0 Å². The number of hydrogen-bond donors (Lipinski definition) is 2. The van der Waals surface area contributed by atoms with Gasteiger partial charge in [-0.25, -0.2) is 26.6 Å². The Hall–Kier alpha value is -3.70. The van der Waals surface area contributed by atoms with E-state index in [1.807, 2.05) is 0 Å². The van der Waals surface area contributed by atoms with Gasteiger partial charge in [0.2, 0.25) is 0 Å². The van der Waals surface area contributed by atoms with Crippen LogP contribution in [0.2, 0.25) is 0 Å². The van der Waals surface area contributed by atoms with Gasteiger partial charge in [-0.15, -0.1) is 0 Å². The lowest BCUT2D eigenvalue weighted by molar-refractivity contribution is -0.385. The first-order chi connectivity index (χ1) is 24.8. The Morgan fingerprint density at radius 2 is 1.00 bits per heavy atom. The molecule has 54 heavy (non-hydrogen) atoms. The Bertz CT molecular complexity index is 1730. The molecule has 2 aromatic carbocycles. The third kappa shape index (κ3) is 10.7. The topological polar surface area (TPSA) is 192 Å². The number of nitro groups is 2. The van der Waals surface area contributed by atoms with Crippen molar-refractivity contribution < 1.29 is 27.0 Å². The van der Waals surface area contributed by atoms with E-state index in [4.69, 9.17) is 0 Å². The lowest BCUT2D eigenvalue weighted by atomic mass is 9.65. The van der Waals surface area contributed by atoms with Crippen LogP contribution in [0.1, 0.15) is 131 Å². The summed E-state index contributed by atoms with van der Waals surface area (Å²) < 4.78 is 59.6. The molecule has 4 rings (SSSR count). The third-order valence-corrected chi connectivity index (χ3v) is 14.1. The summed E-state index contributed by atoms with van der Waals surface area (Å²) >= 11 is 0. The number of benzene rings is 2. The first kappa shape index (κ1) is 44.7. The predicted molar refractivity (Wildman–Crippen MR) is 205 cm³/mol. The summed E-state index contributed by atoms with van der Waals surface area (Å²) in [6.07, 6.45) is 6.85. The van der Waals surface area contributed by atoms with Gasteiger partial charge in [0.1, 0.15) is 11.6 Å². The molecule has 0 unspecified atom stereocenters. The van der Waals surface area contributed by atoms with E-state index in [1.54, 1.807) is 55.4 Å². The van der Waals surface area contributed by atoms with Gasteiger partial charge in [-0.3, -0.25) is 20.2 Å². The number of non-ortho nitro benzene ring substituents is 2. The highest BCUT2D eigenvalue weighted by molar-refractivity contribution is 7.84. The second kappa shape index (κ2) is 17.0. The van der Waals surface area contributed by atoms with Crippen LogP contribution in [0, 0.1) is 65.4 Å². The Morgan fingerprint density at radius 1 is 0.685 bits per heavy atom. The minimum absolute atomic E-state index is 0.0988. The molecule has 2 N–H and O–H groups in total. The number of halogens is 2. The molecular formula is C38H52F2N6O6S2. The predicted octanol–water partition coefficient (Wildman–Crippen LogP) is 8.95. The van der Waals surface area contributed by atoms with Crippen molar-refractivity contribution in [2.24, 2.45) is 10.8 Å². The van der Waals surface area contributed by atoms with Gasteiger partial charge in [-0.05, 0) is 119 Å². The fourth-order valence-electron chi connectivity index (χ4n) is 6.32. The Labute approximate surface area is 322 Å². The van der Waals surface area contributed by atoms with Crippen LogP contribution < -0.4 is 9.44 Å². The molecule has 0 bridgehead atoms. The number of hydrogen-bond acceptors (Lipinski definition) is 8. The van der Waals surface area contributed by atoms with Gasteiger partial charge in [0.15, 0.2) is 0 Å². The standard InChI is InChI=1S/2C19H26FN3O3S/c2*1-17(2,3)27(26)22-18(4,10-11-19(13-21)8-5-9-19)15-12-14(23(24)25)6-7-16(15)20/h2*6-7,12,22H,5,8-11H2,1-4H3/t18-,27+;18-,27-/m01/s1. The molecule has 0 saturated heterocycles. The van der Waals surface area contributed by atoms with Crippen LogP contribution in [-0.2, 0) is 33.0 Å². The number of nitro benzene ring substituents is 2. The zero-order chi connectivity index (χ0) is 40.9. The normalized spacial score (nSPS) is 19.4. The summed E-state index contributed by atoms with van der Waals surface area (Å²) in [5, 5.41) is 41.3. The van der Waals surface area contributed by atoms with E-state index in [9.17, 15) is 48.0 Å². The average Bonchev–Trinajstić information content (AvgIpc) is 3.03. The van der Waals surface area contributed by atoms with E-state index >= 15 is 0 Å². The van der Waals surface area contributed by atoms with E-state index in [-0.39, 0.29) is 22.5 Å². The Kier molecular flexibility index (Phi) is 14.1. The highest BCUT2D eigenvalue weighted by atomic mass is 32.2. The molecule has 296 valence electrons. The van der Waals surface area contributed by atoms with Gasteiger partial charge < -0.3 is 0 Å². The van der Waals surface area contributed by atoms with Gasteiger partial charge in [0.25, 0.3) is 11.4 Å². The molecule has 12 nitrogen and oxygen atoms in total. The van der Waals surface area contributed by atoms with Crippen molar-refractivity contribution >= 4 is 33.3 Å². The van der Waals surface area contributed by atoms with Gasteiger partial charge in [-0.1, -0.05) is 12.8 Å². The molecule has 2 aliphatic rings. The van der Waals surface area contributed by atoms with Gasteiger partial charge in [0, 0.05) is 35.4 Å². The zero-order valence-electron chi connectivity index (χ0n) is 32.3. The van der Waals surface area contributed by atoms with Crippen molar-refractivity contribution in [2.75, 3.05) is 0 Å². The Morgan fingerprint density at radius 3 is 1.22 bits per heavy atom. The van der Waals surface area contributed by atoms with E-state index in [0.717, 1.165) is 62.8 Å². The minimum Gasteiger partial charge on any atom is -0.258 e. The average molecular weight is 791 g/mol. The highest BCUT2D eigenvalue weighted by Gasteiger charge is 2.43. The molecular weight excluding hydrogens is 739 g/mol. The van der Waals surface area contributed by atoms with E-state index in [0.29, 0.717) is 25.7 Å². The fourth-order valence-corrected chi connectivity index (χ4v) is 8.17. The van der Waals surface area contributed by atoms with Crippen LogP contribution in [0.15, 0.2) is 36.4 Å². The molecule has 0 amide bonds. The lowest BCUT2D eigenvalue weighted by Gasteiger charge is -2.40. The number of nitriles is 2. The molecule has 2 aliphatic carbocycles. The third-order valence-electron chi connectivity index (χ3n) is 10.6. The van der Waals surface area contributed by atoms with Gasteiger partial charge in [0.05, 0.1) is 75.4 Å². The maximum atomic E-state index is 14.6. The second-order valence-electron chi connectivity index (χ2n) is 17.0. The fraction of sp³-hybridized carbons (Fsp3) is 0.632. The smallest absolute Gasteiger partial charge is 0.258 e. The molecule has 0 spiro atoms. The summed E-state index contributed by atoms with van der Waals surface area (Å²) in [5.41, 5.74) is -3.34. The molecule has 0 aromatic heterocycles. The maximum Gasteiger partial charge on any atom is 0.269 e. The lowest BCUT2D eigenvalue weighted by Crippen LogP contribution is -2.47. The number of nitrogens with zero attached hydrogens (tertiary/aromatic N) is 4. The summed E-state index contributed by atoms with van der Waals surface area (Å²) in [7, 11) is -3.03. The summed E-state index contributed by atoms with van der Waals surface area (Å²) in [6.45, 7) is 14.2. The quantitative estimate of drug-likeness (QED) is 0.140. The van der Waals surface area contributed by atoms with Crippen molar-refractivity contribution in [1.82, 2.24) is 9.44 Å². The van der Waals surface area contributed by atoms with Crippen LogP contribution in [0.5, 0.6) is 0 Å². The zero-order valence-corrected chi connectivity index (χ0v) is 34.0. The van der Waals surface area contributed by atoms with Crippen molar-refractivity contribution in [3.05, 3.63) is 79.4 Å². The van der Waals surface area contributed by atoms with Crippen molar-refractivity contribution in [2.45, 2.75) is 140 Å². The first-order valence-electron chi connectivity index (χ1n) is 18.0. The first-order valence-corrected chi connectivity index (χ1v) is 20.3. The molecule has 2 saturated carbocycles. The van der Waals surface area contributed by atoms with Crippen molar-refractivity contribution in [3.63, 3.8) is 0 Å². The van der Waals surface area contributed by atoms with Crippen molar-refractivity contribution in [1.29, 1.82) is 10.5 Å². The Balaban J connectivity index is 0.000000290. The van der Waals surface area contributed by atoms with Crippen LogP contribution in [-0.4, -0.2) is 27.8 Å². The highest BCUT2D eigenvalue weighted by Crippen LogP contribution is 2.48. The number of nitrogens with one attached hydrogen (secondary N) is 2. The molecule has 16 heteroatoms. The number of rotatable bonds is 14. The molecule has 0 heterocycles. The summed E-state index contributed by atoms with van der Waals surface area (Å²) in [6, 6.07) is 11.5. The van der Waals surface area contributed by atoms with Crippen LogP contribution in [0.25, 0.3) is 0 Å². The van der Waals surface area contributed by atoms with E-state index in [2.05, 4.69) is 21.6 Å². The maximum absolute atomic E-state index is 14.6. The van der Waals surface area contributed by atoms with E-state index in [1.165, 1.54) is 12.1 Å². The molecule has 0 aliphatic heterocycles. The summed E-state index contributed by atoms with van der Waals surface area (Å²) in [5.74, 6) is -1.19. The summed E-state index contributed by atoms with van der Waals surface area (Å²) in [4.78, 5) is 21.1. The van der Waals surface area contributed by atoms with Crippen LogP contribution in [0.4, 0.5) is 20.2 Å². The van der Waals surface area contributed by atoms with E-state index < -0.39 is 74.9 Å². The minimum atomic E-state index is -1.52. The molecule has 2 fully saturated rings. The molecule has 2 aromatic rings. The van der Waals surface area contributed by atoms with Gasteiger partial charge >= 0.3 is 0 Å².